The molecule has 2 aromatic rings. The lowest BCUT2D eigenvalue weighted by Gasteiger charge is -2.22. The largest absolute Gasteiger partial charge is 1.00 e. The summed E-state index contributed by atoms with van der Waals surface area (Å²) in [6, 6.07) is 9.71. The normalized spacial score (nSPS) is 10.7. The van der Waals surface area contributed by atoms with Crippen LogP contribution in [0.3, 0.4) is 0 Å². The summed E-state index contributed by atoms with van der Waals surface area (Å²) in [5.74, 6) is 0. The molecule has 2 amide bonds. The second kappa shape index (κ2) is 9.50. The highest BCUT2D eigenvalue weighted by Gasteiger charge is 2.33. The van der Waals surface area contributed by atoms with Gasteiger partial charge in [-0.15, -0.1) is 0 Å². The van der Waals surface area contributed by atoms with Gasteiger partial charge in [0.15, 0.2) is 0 Å². The monoisotopic (exact) mass is 400 g/mol. The van der Waals surface area contributed by atoms with Crippen LogP contribution in [0.5, 0.6) is 0 Å². The van der Waals surface area contributed by atoms with Crippen molar-refractivity contribution in [1.82, 2.24) is 0 Å². The van der Waals surface area contributed by atoms with Crippen LogP contribution >= 0.6 is 0 Å². The highest BCUT2D eigenvalue weighted by Crippen LogP contribution is 2.34. The van der Waals surface area contributed by atoms with Gasteiger partial charge in [-0.25, -0.2) is 4.79 Å². The van der Waals surface area contributed by atoms with E-state index in [0.29, 0.717) is 5.69 Å². The quantitative estimate of drug-likeness (QED) is 0.810. The molecule has 0 bridgehead atoms. The van der Waals surface area contributed by atoms with Gasteiger partial charge in [0.25, 0.3) is 0 Å². The summed E-state index contributed by atoms with van der Waals surface area (Å²) in [7, 11) is 0. The standard InChI is InChI=1S/C19H22F3N3O.ClH/c1-4-25(5-2)14-10-11-16(13(3)12-14)23-18(26)24-17-9-7-6-8-15(17)19(20,21)22;/h6-12H,4-5H2,1-3H3,(H2,23,24,26);1H/p-1. The van der Waals surface area contributed by atoms with Crippen LogP contribution in [0.15, 0.2) is 42.5 Å². The fraction of sp³-hybridized carbons (Fsp3) is 0.316. The van der Waals surface area contributed by atoms with Crippen molar-refractivity contribution in [3.8, 4) is 0 Å². The molecule has 0 radical (unpaired) electrons. The minimum absolute atomic E-state index is 0. The summed E-state index contributed by atoms with van der Waals surface area (Å²) in [5, 5.41) is 4.88. The summed E-state index contributed by atoms with van der Waals surface area (Å²) >= 11 is 0. The number of amides is 2. The number of alkyl halides is 3. The van der Waals surface area contributed by atoms with Crippen molar-refractivity contribution in [2.24, 2.45) is 0 Å². The van der Waals surface area contributed by atoms with E-state index in [0.717, 1.165) is 30.4 Å². The third kappa shape index (κ3) is 5.79. The number of carbonyl (C=O) groups excluding carboxylic acids is 1. The van der Waals surface area contributed by atoms with Gasteiger partial charge in [-0.3, -0.25) is 0 Å². The van der Waals surface area contributed by atoms with Gasteiger partial charge in [0.1, 0.15) is 0 Å². The van der Waals surface area contributed by atoms with Crippen molar-refractivity contribution in [2.45, 2.75) is 26.9 Å². The SMILES string of the molecule is CCN(CC)c1ccc(NC(=O)Nc2ccccc2C(F)(F)F)c(C)c1.[Cl-]. The first-order valence-electron chi connectivity index (χ1n) is 8.36. The van der Waals surface area contributed by atoms with Crippen LogP contribution in [0, 0.1) is 6.92 Å². The molecule has 2 N–H and O–H groups in total. The lowest BCUT2D eigenvalue weighted by Crippen LogP contribution is -3.00. The van der Waals surface area contributed by atoms with Gasteiger partial charge in [-0.05, 0) is 56.7 Å². The van der Waals surface area contributed by atoms with E-state index in [4.69, 9.17) is 0 Å². The van der Waals surface area contributed by atoms with Gasteiger partial charge in [-0.2, -0.15) is 13.2 Å². The fourth-order valence-electron chi connectivity index (χ4n) is 2.69. The van der Waals surface area contributed by atoms with Crippen molar-refractivity contribution in [2.75, 3.05) is 28.6 Å². The summed E-state index contributed by atoms with van der Waals surface area (Å²) in [4.78, 5) is 14.3. The van der Waals surface area contributed by atoms with Crippen molar-refractivity contribution >= 4 is 23.1 Å². The molecule has 4 nitrogen and oxygen atoms in total. The fourth-order valence-corrected chi connectivity index (χ4v) is 2.69. The van der Waals surface area contributed by atoms with Crippen molar-refractivity contribution in [3.05, 3.63) is 53.6 Å². The van der Waals surface area contributed by atoms with E-state index in [9.17, 15) is 18.0 Å². The van der Waals surface area contributed by atoms with Crippen LogP contribution in [-0.4, -0.2) is 19.1 Å². The Hall–Kier alpha value is -2.41. The first kappa shape index (κ1) is 22.6. The minimum Gasteiger partial charge on any atom is -1.00 e. The molecule has 0 spiro atoms. The Balaban J connectivity index is 0.00000364. The lowest BCUT2D eigenvalue weighted by molar-refractivity contribution is -0.136. The maximum absolute atomic E-state index is 13.0. The molecule has 8 heteroatoms. The number of urea groups is 1. The van der Waals surface area contributed by atoms with Gasteiger partial charge in [-0.1, -0.05) is 12.1 Å². The van der Waals surface area contributed by atoms with Crippen LogP contribution in [0.25, 0.3) is 0 Å². The Labute approximate surface area is 163 Å². The second-order valence-corrected chi connectivity index (χ2v) is 5.79. The van der Waals surface area contributed by atoms with E-state index in [1.54, 1.807) is 6.07 Å². The van der Waals surface area contributed by atoms with E-state index in [-0.39, 0.29) is 18.1 Å². The molecule has 0 heterocycles. The molecule has 0 saturated carbocycles. The molecule has 0 atom stereocenters. The zero-order valence-electron chi connectivity index (χ0n) is 15.3. The number of halogens is 4. The Kier molecular flexibility index (Phi) is 7.97. The minimum atomic E-state index is -4.54. The van der Waals surface area contributed by atoms with Gasteiger partial charge < -0.3 is 27.9 Å². The number of anilines is 3. The molecule has 148 valence electrons. The number of rotatable bonds is 5. The first-order valence-corrected chi connectivity index (χ1v) is 8.36. The van der Waals surface area contributed by atoms with Crippen LogP contribution in [0.1, 0.15) is 25.0 Å². The molecule has 0 aromatic heterocycles. The molecule has 2 aromatic carbocycles. The van der Waals surface area contributed by atoms with Crippen molar-refractivity contribution < 1.29 is 30.4 Å². The third-order valence-corrected chi connectivity index (χ3v) is 4.07. The number of carbonyl (C=O) groups is 1. The topological polar surface area (TPSA) is 44.4 Å². The van der Waals surface area contributed by atoms with Gasteiger partial charge in [0, 0.05) is 24.5 Å². The van der Waals surface area contributed by atoms with E-state index in [2.05, 4.69) is 29.4 Å². The molecular weight excluding hydrogens is 379 g/mol. The van der Waals surface area contributed by atoms with Gasteiger partial charge in [0.05, 0.1) is 11.3 Å². The first-order chi connectivity index (χ1) is 12.3. The number of benzene rings is 2. The van der Waals surface area contributed by atoms with E-state index in [1.807, 2.05) is 19.1 Å². The molecule has 0 aliphatic rings. The number of hydrogen-bond donors (Lipinski definition) is 2. The van der Waals surface area contributed by atoms with Crippen LogP contribution in [0.2, 0.25) is 0 Å². The maximum Gasteiger partial charge on any atom is 0.418 e. The molecule has 2 rings (SSSR count). The zero-order valence-corrected chi connectivity index (χ0v) is 16.1. The lowest BCUT2D eigenvalue weighted by atomic mass is 10.1. The highest BCUT2D eigenvalue weighted by atomic mass is 35.5. The Morgan fingerprint density at radius 1 is 1.00 bits per heavy atom. The van der Waals surface area contributed by atoms with Crippen molar-refractivity contribution in [1.29, 1.82) is 0 Å². The van der Waals surface area contributed by atoms with E-state index < -0.39 is 17.8 Å². The third-order valence-electron chi connectivity index (χ3n) is 4.07. The zero-order chi connectivity index (χ0) is 19.3. The van der Waals surface area contributed by atoms with Crippen LogP contribution in [-0.2, 0) is 6.18 Å². The molecule has 0 unspecified atom stereocenters. The average Bonchev–Trinajstić information content (AvgIpc) is 2.58. The van der Waals surface area contributed by atoms with Crippen LogP contribution in [0.4, 0.5) is 35.0 Å². The summed E-state index contributed by atoms with van der Waals surface area (Å²) in [6.07, 6.45) is -4.54. The van der Waals surface area contributed by atoms with E-state index >= 15 is 0 Å². The van der Waals surface area contributed by atoms with Gasteiger partial charge in [0.2, 0.25) is 0 Å². The Bertz CT molecular complexity index is 777. The number of aryl methyl sites for hydroxylation is 1. The highest BCUT2D eigenvalue weighted by molar-refractivity contribution is 6.00. The predicted octanol–water partition coefficient (Wildman–Crippen LogP) is 2.51. The molecular formula is C19H22ClF3N3O-. The molecule has 0 saturated heterocycles. The molecule has 0 aliphatic heterocycles. The molecule has 0 fully saturated rings. The van der Waals surface area contributed by atoms with Crippen LogP contribution < -0.4 is 27.9 Å². The van der Waals surface area contributed by atoms with Crippen molar-refractivity contribution in [3.63, 3.8) is 0 Å². The number of nitrogens with one attached hydrogen (secondary N) is 2. The second-order valence-electron chi connectivity index (χ2n) is 5.79. The number of hydrogen-bond acceptors (Lipinski definition) is 2. The summed E-state index contributed by atoms with van der Waals surface area (Å²) in [5.41, 5.74) is 1.23. The average molecular weight is 401 g/mol. The summed E-state index contributed by atoms with van der Waals surface area (Å²) < 4.78 is 39.0. The number of nitrogens with zero attached hydrogens (tertiary/aromatic N) is 1. The smallest absolute Gasteiger partial charge is 0.418 e. The summed E-state index contributed by atoms with van der Waals surface area (Å²) in [6.45, 7) is 7.66. The molecule has 0 aliphatic carbocycles. The maximum atomic E-state index is 13.0. The van der Waals surface area contributed by atoms with Gasteiger partial charge >= 0.3 is 12.2 Å². The number of para-hydroxylation sites is 1. The Morgan fingerprint density at radius 3 is 2.15 bits per heavy atom. The van der Waals surface area contributed by atoms with E-state index in [1.165, 1.54) is 18.2 Å². The molecule has 27 heavy (non-hydrogen) atoms. The predicted molar refractivity (Wildman–Crippen MR) is 98.8 cm³/mol. The Morgan fingerprint density at radius 2 is 1.59 bits per heavy atom.